The lowest BCUT2D eigenvalue weighted by molar-refractivity contribution is 0.270. The zero-order valence-electron chi connectivity index (χ0n) is 16.1. The number of aromatic amines is 2. The summed E-state index contributed by atoms with van der Waals surface area (Å²) in [7, 11) is 0. The highest BCUT2D eigenvalue weighted by Crippen LogP contribution is 2.23. The first-order valence-electron chi connectivity index (χ1n) is 9.59. The molecule has 1 aromatic carbocycles. The molecule has 6 nitrogen and oxygen atoms in total. The summed E-state index contributed by atoms with van der Waals surface area (Å²) in [5.74, 6) is 0.377. The van der Waals surface area contributed by atoms with Crippen LogP contribution in [0.3, 0.4) is 0 Å². The lowest BCUT2D eigenvalue weighted by Gasteiger charge is -2.36. The third-order valence-electron chi connectivity index (χ3n) is 5.19. The fourth-order valence-electron chi connectivity index (χ4n) is 3.73. The maximum atomic E-state index is 13.8. The minimum absolute atomic E-state index is 0.202. The van der Waals surface area contributed by atoms with E-state index in [9.17, 15) is 4.39 Å². The van der Waals surface area contributed by atoms with Crippen LogP contribution >= 0.6 is 11.6 Å². The van der Waals surface area contributed by atoms with Crippen molar-refractivity contribution in [1.29, 1.82) is 0 Å². The number of benzene rings is 1. The van der Waals surface area contributed by atoms with Crippen LogP contribution in [0.2, 0.25) is 5.02 Å². The highest BCUT2D eigenvalue weighted by atomic mass is 35.5. The van der Waals surface area contributed by atoms with E-state index in [4.69, 9.17) is 11.6 Å². The number of nitrogens with zero attached hydrogens (tertiary/aromatic N) is 2. The van der Waals surface area contributed by atoms with Crippen molar-refractivity contribution in [2.24, 2.45) is 0 Å². The minimum atomic E-state index is -0.379. The van der Waals surface area contributed by atoms with E-state index in [0.717, 1.165) is 53.4 Å². The van der Waals surface area contributed by atoms with E-state index in [1.807, 2.05) is 18.2 Å². The third-order valence-corrected chi connectivity index (χ3v) is 5.43. The smallest absolute Gasteiger partial charge is 0.170 e. The minimum Gasteiger partial charge on any atom is -0.368 e. The summed E-state index contributed by atoms with van der Waals surface area (Å²) in [6, 6.07) is 8.06. The van der Waals surface area contributed by atoms with Gasteiger partial charge in [-0.15, -0.1) is 0 Å². The van der Waals surface area contributed by atoms with E-state index in [-0.39, 0.29) is 11.9 Å². The van der Waals surface area contributed by atoms with E-state index in [1.165, 1.54) is 6.20 Å². The van der Waals surface area contributed by atoms with Gasteiger partial charge in [0.2, 0.25) is 0 Å². The number of fused-ring (bicyclic) bond motifs is 1. The van der Waals surface area contributed by atoms with Crippen molar-refractivity contribution in [1.82, 2.24) is 30.7 Å². The summed E-state index contributed by atoms with van der Waals surface area (Å²) in [5.41, 5.74) is 3.08. The second-order valence-electron chi connectivity index (χ2n) is 7.33. The van der Waals surface area contributed by atoms with Gasteiger partial charge in [-0.2, -0.15) is 5.10 Å². The quantitative estimate of drug-likeness (QED) is 0.472. The largest absolute Gasteiger partial charge is 0.368 e. The number of rotatable bonds is 7. The Balaban J connectivity index is 1.30. The monoisotopic (exact) mass is 414 g/mol. The first kappa shape index (κ1) is 19.4. The summed E-state index contributed by atoms with van der Waals surface area (Å²) >= 11 is 6.05. The van der Waals surface area contributed by atoms with Crippen molar-refractivity contribution in [3.8, 4) is 0 Å². The summed E-state index contributed by atoms with van der Waals surface area (Å²) in [6.45, 7) is 10.3. The lowest BCUT2D eigenvalue weighted by Crippen LogP contribution is -2.46. The molecular weight excluding hydrogens is 391 g/mol. The molecule has 152 valence electrons. The van der Waals surface area contributed by atoms with Crippen molar-refractivity contribution in [3.63, 3.8) is 0 Å². The molecule has 1 unspecified atom stereocenters. The molecule has 29 heavy (non-hydrogen) atoms. The standard InChI is InChI=1S/C21H24ClFN6/c1-13(21-19(23)11-25-28-21)29-7-3-4-17(12-29)26-14(2)24-10-18-9-15-8-16(22)5-6-20(15)27-18/h5-6,8-9,11,17,24,26-27H,1-4,7,10,12H2,(H,25,28). The van der Waals surface area contributed by atoms with Gasteiger partial charge >= 0.3 is 0 Å². The Morgan fingerprint density at radius 3 is 3.00 bits per heavy atom. The molecule has 3 aromatic rings. The molecule has 1 fully saturated rings. The zero-order valence-corrected chi connectivity index (χ0v) is 16.8. The average molecular weight is 415 g/mol. The van der Waals surface area contributed by atoms with Gasteiger partial charge in [0.15, 0.2) is 5.82 Å². The summed E-state index contributed by atoms with van der Waals surface area (Å²) < 4.78 is 13.8. The molecule has 4 rings (SSSR count). The molecule has 2 aromatic heterocycles. The Morgan fingerprint density at radius 2 is 2.21 bits per heavy atom. The molecule has 1 atom stereocenters. The Labute approximate surface area is 173 Å². The van der Waals surface area contributed by atoms with E-state index >= 15 is 0 Å². The van der Waals surface area contributed by atoms with E-state index < -0.39 is 0 Å². The van der Waals surface area contributed by atoms with Crippen LogP contribution in [0.1, 0.15) is 24.2 Å². The number of H-pyrrole nitrogens is 2. The van der Waals surface area contributed by atoms with Crippen LogP contribution in [-0.2, 0) is 6.54 Å². The summed E-state index contributed by atoms with van der Waals surface area (Å²) in [4.78, 5) is 5.45. The van der Waals surface area contributed by atoms with Crippen molar-refractivity contribution in [2.75, 3.05) is 13.1 Å². The second kappa shape index (κ2) is 8.21. The van der Waals surface area contributed by atoms with E-state index in [0.29, 0.717) is 17.9 Å². The Morgan fingerprint density at radius 1 is 1.34 bits per heavy atom. The maximum absolute atomic E-state index is 13.8. The highest BCUT2D eigenvalue weighted by molar-refractivity contribution is 6.31. The van der Waals surface area contributed by atoms with Crippen LogP contribution in [0.4, 0.5) is 4.39 Å². The second-order valence-corrected chi connectivity index (χ2v) is 7.76. The highest BCUT2D eigenvalue weighted by Gasteiger charge is 2.23. The zero-order chi connectivity index (χ0) is 20.4. The molecular formula is C21H24ClFN6. The molecule has 0 amide bonds. The Hall–Kier alpha value is -2.93. The van der Waals surface area contributed by atoms with Crippen LogP contribution < -0.4 is 10.6 Å². The van der Waals surface area contributed by atoms with Gasteiger partial charge in [-0.25, -0.2) is 4.39 Å². The van der Waals surface area contributed by atoms with Crippen molar-refractivity contribution < 1.29 is 4.39 Å². The van der Waals surface area contributed by atoms with Crippen LogP contribution in [0.15, 0.2) is 49.4 Å². The van der Waals surface area contributed by atoms with E-state index in [1.54, 1.807) is 0 Å². The van der Waals surface area contributed by atoms with Gasteiger partial charge in [0, 0.05) is 40.8 Å². The van der Waals surface area contributed by atoms with Gasteiger partial charge in [-0.3, -0.25) is 5.10 Å². The van der Waals surface area contributed by atoms with E-state index in [2.05, 4.69) is 49.9 Å². The maximum Gasteiger partial charge on any atom is 0.170 e. The molecule has 1 aliphatic rings. The summed E-state index contributed by atoms with van der Waals surface area (Å²) in [6.07, 6.45) is 3.17. The fraction of sp³-hybridized carbons (Fsp3) is 0.286. The number of hydrogen-bond acceptors (Lipinski definition) is 4. The number of likely N-dealkylation sites (tertiary alicyclic amines) is 1. The molecule has 0 aliphatic carbocycles. The third kappa shape index (κ3) is 4.40. The van der Waals surface area contributed by atoms with Gasteiger partial charge < -0.3 is 20.5 Å². The molecule has 0 radical (unpaired) electrons. The summed E-state index contributed by atoms with van der Waals surface area (Å²) in [5, 5.41) is 15.0. The molecule has 0 bridgehead atoms. The first-order valence-corrected chi connectivity index (χ1v) is 9.97. The predicted octanol–water partition coefficient (Wildman–Crippen LogP) is 3.97. The fourth-order valence-corrected chi connectivity index (χ4v) is 3.91. The van der Waals surface area contributed by atoms with Crippen LogP contribution in [0.25, 0.3) is 16.6 Å². The molecule has 1 saturated heterocycles. The number of piperidine rings is 1. The van der Waals surface area contributed by atoms with Crippen molar-refractivity contribution >= 4 is 28.2 Å². The molecule has 8 heteroatoms. The number of nitrogens with one attached hydrogen (secondary N) is 4. The first-order chi connectivity index (χ1) is 14.0. The molecule has 0 saturated carbocycles. The van der Waals surface area contributed by atoms with Gasteiger partial charge in [-0.05, 0) is 37.1 Å². The Kier molecular flexibility index (Phi) is 5.49. The normalized spacial score (nSPS) is 16.8. The predicted molar refractivity (Wildman–Crippen MR) is 115 cm³/mol. The topological polar surface area (TPSA) is 71.8 Å². The van der Waals surface area contributed by atoms with Crippen LogP contribution in [-0.4, -0.2) is 39.2 Å². The average Bonchev–Trinajstić information content (AvgIpc) is 3.31. The van der Waals surface area contributed by atoms with Crippen LogP contribution in [0.5, 0.6) is 0 Å². The van der Waals surface area contributed by atoms with Crippen molar-refractivity contribution in [2.45, 2.75) is 25.4 Å². The number of aromatic nitrogens is 3. The van der Waals surface area contributed by atoms with Gasteiger partial charge in [0.25, 0.3) is 0 Å². The molecule has 1 aliphatic heterocycles. The SMILES string of the molecule is C=C(NCc1cc2cc(Cl)ccc2[nH]1)NC1CCCN(C(=C)c2[nH]ncc2F)C1. The van der Waals surface area contributed by atoms with Crippen LogP contribution in [0, 0.1) is 5.82 Å². The van der Waals surface area contributed by atoms with Gasteiger partial charge in [-0.1, -0.05) is 24.8 Å². The number of halogens is 2. The van der Waals surface area contributed by atoms with Crippen molar-refractivity contribution in [3.05, 3.63) is 71.7 Å². The lowest BCUT2D eigenvalue weighted by atomic mass is 10.0. The molecule has 3 heterocycles. The molecule has 0 spiro atoms. The van der Waals surface area contributed by atoms with Gasteiger partial charge in [0.05, 0.1) is 24.3 Å². The van der Waals surface area contributed by atoms with Gasteiger partial charge in [0.1, 0.15) is 5.69 Å². The Bertz CT molecular complexity index is 1040. The molecule has 4 N–H and O–H groups in total. The number of hydrogen-bond donors (Lipinski definition) is 4.